The molecule has 4 nitrogen and oxygen atoms in total. The Morgan fingerprint density at radius 2 is 2.39 bits per heavy atom. The molecule has 1 aliphatic rings. The predicted octanol–water partition coefficient (Wildman–Crippen LogP) is 2.15. The first kappa shape index (κ1) is 11.5. The highest BCUT2D eigenvalue weighted by atomic mass is 35.5. The van der Waals surface area contributed by atoms with Gasteiger partial charge in [-0.15, -0.1) is 11.6 Å². The van der Waals surface area contributed by atoms with E-state index in [-0.39, 0.29) is 5.91 Å². The molecule has 2 aromatic rings. The van der Waals surface area contributed by atoms with Gasteiger partial charge < -0.3 is 4.90 Å². The lowest BCUT2D eigenvalue weighted by atomic mass is 10.1. The van der Waals surface area contributed by atoms with Crippen molar-refractivity contribution in [2.45, 2.75) is 13.0 Å². The van der Waals surface area contributed by atoms with E-state index in [0.29, 0.717) is 24.8 Å². The number of fused-ring (bicyclic) bond motifs is 1. The van der Waals surface area contributed by atoms with Gasteiger partial charge in [-0.2, -0.15) is 5.10 Å². The van der Waals surface area contributed by atoms with Gasteiger partial charge in [-0.3, -0.25) is 9.89 Å². The van der Waals surface area contributed by atoms with Crippen LogP contribution in [0.25, 0.3) is 10.9 Å². The second-order valence-electron chi connectivity index (χ2n) is 4.79. The number of likely N-dealkylation sites (tertiary alicyclic amines) is 1. The Kier molecular flexibility index (Phi) is 2.96. The third kappa shape index (κ3) is 2.08. The van der Waals surface area contributed by atoms with Gasteiger partial charge in [0, 0.05) is 30.8 Å². The minimum Gasteiger partial charge on any atom is -0.338 e. The molecular weight excluding hydrogens is 250 g/mol. The number of hydrogen-bond acceptors (Lipinski definition) is 2. The fourth-order valence-electron chi connectivity index (χ4n) is 2.42. The van der Waals surface area contributed by atoms with E-state index in [1.807, 2.05) is 17.0 Å². The Morgan fingerprint density at radius 1 is 1.50 bits per heavy atom. The van der Waals surface area contributed by atoms with Crippen molar-refractivity contribution < 1.29 is 4.79 Å². The van der Waals surface area contributed by atoms with Crippen molar-refractivity contribution in [2.75, 3.05) is 12.4 Å². The summed E-state index contributed by atoms with van der Waals surface area (Å²) >= 11 is 5.81. The van der Waals surface area contributed by atoms with Gasteiger partial charge in [-0.1, -0.05) is 6.07 Å². The highest BCUT2D eigenvalue weighted by Gasteiger charge is 2.28. The molecule has 1 fully saturated rings. The number of carbonyl (C=O) groups excluding carboxylic acids is 1. The van der Waals surface area contributed by atoms with Gasteiger partial charge in [-0.05, 0) is 23.6 Å². The van der Waals surface area contributed by atoms with Crippen molar-refractivity contribution in [1.82, 2.24) is 15.1 Å². The van der Waals surface area contributed by atoms with E-state index >= 15 is 0 Å². The van der Waals surface area contributed by atoms with Crippen molar-refractivity contribution >= 4 is 28.4 Å². The van der Waals surface area contributed by atoms with Crippen LogP contribution in [0.1, 0.15) is 12.0 Å². The van der Waals surface area contributed by atoms with E-state index in [4.69, 9.17) is 11.6 Å². The summed E-state index contributed by atoms with van der Waals surface area (Å²) in [4.78, 5) is 13.7. The minimum atomic E-state index is 0.202. The molecule has 2 heterocycles. The summed E-state index contributed by atoms with van der Waals surface area (Å²) in [5.41, 5.74) is 2.15. The first-order valence-electron chi connectivity index (χ1n) is 6.02. The topological polar surface area (TPSA) is 49.0 Å². The first-order chi connectivity index (χ1) is 8.76. The number of aromatic nitrogens is 2. The molecule has 1 atom stereocenters. The molecule has 1 N–H and O–H groups in total. The Labute approximate surface area is 110 Å². The van der Waals surface area contributed by atoms with Crippen molar-refractivity contribution in [3.8, 4) is 0 Å². The minimum absolute atomic E-state index is 0.202. The van der Waals surface area contributed by atoms with Gasteiger partial charge in [0.2, 0.25) is 5.91 Å². The number of halogens is 1. The van der Waals surface area contributed by atoms with E-state index in [2.05, 4.69) is 16.3 Å². The highest BCUT2D eigenvalue weighted by molar-refractivity contribution is 6.18. The van der Waals surface area contributed by atoms with Gasteiger partial charge in [0.15, 0.2) is 0 Å². The molecule has 18 heavy (non-hydrogen) atoms. The molecule has 0 bridgehead atoms. The average molecular weight is 264 g/mol. The van der Waals surface area contributed by atoms with Crippen molar-refractivity contribution in [3.05, 3.63) is 30.0 Å². The number of rotatable bonds is 3. The fraction of sp³-hybridized carbons (Fsp3) is 0.385. The zero-order valence-electron chi connectivity index (χ0n) is 9.90. The lowest BCUT2D eigenvalue weighted by Gasteiger charge is -2.16. The average Bonchev–Trinajstić information content (AvgIpc) is 2.96. The molecule has 1 aromatic heterocycles. The van der Waals surface area contributed by atoms with Crippen LogP contribution < -0.4 is 0 Å². The number of hydrogen-bond donors (Lipinski definition) is 1. The maximum absolute atomic E-state index is 11.8. The van der Waals surface area contributed by atoms with Crippen molar-refractivity contribution in [1.29, 1.82) is 0 Å². The molecule has 1 unspecified atom stereocenters. The van der Waals surface area contributed by atoms with E-state index in [0.717, 1.165) is 23.0 Å². The Bertz CT molecular complexity index is 580. The van der Waals surface area contributed by atoms with Crippen LogP contribution in [0.5, 0.6) is 0 Å². The van der Waals surface area contributed by atoms with E-state index in [1.165, 1.54) is 0 Å². The van der Waals surface area contributed by atoms with E-state index in [9.17, 15) is 4.79 Å². The zero-order valence-corrected chi connectivity index (χ0v) is 10.7. The molecule has 1 amide bonds. The maximum atomic E-state index is 11.8. The number of alkyl halides is 1. The smallest absolute Gasteiger partial charge is 0.223 e. The molecule has 0 aliphatic carbocycles. The lowest BCUT2D eigenvalue weighted by molar-refractivity contribution is -0.128. The summed E-state index contributed by atoms with van der Waals surface area (Å²) in [6.07, 6.45) is 2.38. The van der Waals surface area contributed by atoms with Gasteiger partial charge in [0.1, 0.15) is 0 Å². The van der Waals surface area contributed by atoms with Crippen LogP contribution in [-0.2, 0) is 11.3 Å². The Hall–Kier alpha value is -1.55. The van der Waals surface area contributed by atoms with E-state index in [1.54, 1.807) is 6.20 Å². The number of H-pyrrole nitrogens is 1. The molecule has 1 aromatic carbocycles. The largest absolute Gasteiger partial charge is 0.338 e. The molecule has 5 heteroatoms. The van der Waals surface area contributed by atoms with Crippen molar-refractivity contribution in [2.24, 2.45) is 5.92 Å². The Balaban J connectivity index is 1.77. The number of carbonyl (C=O) groups is 1. The van der Waals surface area contributed by atoms with Gasteiger partial charge >= 0.3 is 0 Å². The number of amides is 1. The Morgan fingerprint density at radius 3 is 3.17 bits per heavy atom. The van der Waals surface area contributed by atoms with Crippen LogP contribution in [0.2, 0.25) is 0 Å². The molecule has 0 spiro atoms. The number of nitrogens with zero attached hydrogens (tertiary/aromatic N) is 2. The fourth-order valence-corrected chi connectivity index (χ4v) is 2.63. The number of aromatic amines is 1. The summed E-state index contributed by atoms with van der Waals surface area (Å²) in [5, 5.41) is 7.99. The SMILES string of the molecule is O=C1CC(CCl)CN1Cc1ccc2[nH]ncc2c1. The van der Waals surface area contributed by atoms with Crippen LogP contribution in [-0.4, -0.2) is 33.4 Å². The van der Waals surface area contributed by atoms with Crippen LogP contribution in [0.4, 0.5) is 0 Å². The molecule has 1 aliphatic heterocycles. The molecule has 0 radical (unpaired) electrons. The third-order valence-corrected chi connectivity index (χ3v) is 3.83. The molecule has 94 valence electrons. The summed E-state index contributed by atoms with van der Waals surface area (Å²) in [5.74, 6) is 1.06. The lowest BCUT2D eigenvalue weighted by Crippen LogP contribution is -2.24. The summed E-state index contributed by atoms with van der Waals surface area (Å²) in [7, 11) is 0. The molecule has 1 saturated heterocycles. The standard InChI is InChI=1S/C13H14ClN3O/c14-5-10-4-13(18)17(8-10)7-9-1-2-12-11(3-9)6-15-16-12/h1-3,6,10H,4-5,7-8H2,(H,15,16). The first-order valence-corrected chi connectivity index (χ1v) is 6.55. The second-order valence-corrected chi connectivity index (χ2v) is 5.10. The second kappa shape index (κ2) is 4.61. The summed E-state index contributed by atoms with van der Waals surface area (Å²) in [6, 6.07) is 6.10. The normalized spacial score (nSPS) is 19.9. The van der Waals surface area contributed by atoms with Crippen LogP contribution in [0, 0.1) is 5.92 Å². The van der Waals surface area contributed by atoms with Crippen LogP contribution in [0.3, 0.4) is 0 Å². The zero-order chi connectivity index (χ0) is 12.5. The van der Waals surface area contributed by atoms with E-state index < -0.39 is 0 Å². The number of benzene rings is 1. The summed E-state index contributed by atoms with van der Waals surface area (Å²) in [6.45, 7) is 1.43. The maximum Gasteiger partial charge on any atom is 0.223 e. The molecule has 0 saturated carbocycles. The quantitative estimate of drug-likeness (QED) is 0.863. The van der Waals surface area contributed by atoms with Gasteiger partial charge in [0.05, 0.1) is 11.7 Å². The third-order valence-electron chi connectivity index (χ3n) is 3.39. The highest BCUT2D eigenvalue weighted by Crippen LogP contribution is 2.22. The van der Waals surface area contributed by atoms with Crippen LogP contribution in [0.15, 0.2) is 24.4 Å². The van der Waals surface area contributed by atoms with Crippen molar-refractivity contribution in [3.63, 3.8) is 0 Å². The monoisotopic (exact) mass is 263 g/mol. The van der Waals surface area contributed by atoms with Crippen LogP contribution >= 0.6 is 11.6 Å². The van der Waals surface area contributed by atoms with Gasteiger partial charge in [-0.25, -0.2) is 0 Å². The summed E-state index contributed by atoms with van der Waals surface area (Å²) < 4.78 is 0. The molecule has 3 rings (SSSR count). The number of nitrogens with one attached hydrogen (secondary N) is 1. The van der Waals surface area contributed by atoms with Gasteiger partial charge in [0.25, 0.3) is 0 Å². The molecular formula is C13H14ClN3O. The predicted molar refractivity (Wildman–Crippen MR) is 70.3 cm³/mol.